The van der Waals surface area contributed by atoms with Gasteiger partial charge in [0.15, 0.2) is 0 Å². The normalized spacial score (nSPS) is 13.3. The van der Waals surface area contributed by atoms with Crippen LogP contribution in [0.15, 0.2) is 51.0 Å². The molecule has 2 heterocycles. The van der Waals surface area contributed by atoms with Crippen LogP contribution in [0, 0.1) is 0 Å². The van der Waals surface area contributed by atoms with E-state index >= 15 is 0 Å². The molecule has 0 bridgehead atoms. The van der Waals surface area contributed by atoms with Crippen LogP contribution in [0.5, 0.6) is 0 Å². The largest absolute Gasteiger partial charge is 0.271 e. The van der Waals surface area contributed by atoms with Crippen molar-refractivity contribution in [2.45, 2.75) is 19.3 Å². The molecule has 5 heteroatoms. The van der Waals surface area contributed by atoms with Crippen molar-refractivity contribution in [3.05, 3.63) is 67.0 Å². The molecule has 3 nitrogen and oxygen atoms in total. The Balaban J connectivity index is 1.94. The summed E-state index contributed by atoms with van der Waals surface area (Å²) < 4.78 is 2.48. The van der Waals surface area contributed by atoms with E-state index in [1.54, 1.807) is 17.4 Å². The molecule has 0 atom stereocenters. The molecule has 1 aliphatic rings. The fraction of sp³-hybridized carbons (Fsp3) is 0.176. The number of aromatic nitrogens is 2. The van der Waals surface area contributed by atoms with Crippen LogP contribution in [-0.2, 0) is 12.8 Å². The highest BCUT2D eigenvalue weighted by atomic mass is 79.9. The standard InChI is InChI=1S/C17H13BrN2OS/c18-12-4-6-13(7-5-12)20-16(21)10-11-2-1-3-15-14(8-9-22-15)17(11)19-20/h4-10H,1-3H2. The molecular weight excluding hydrogens is 360 g/mol. The molecule has 0 radical (unpaired) electrons. The zero-order chi connectivity index (χ0) is 15.1. The first-order chi connectivity index (χ1) is 10.7. The number of rotatable bonds is 1. The van der Waals surface area contributed by atoms with Crippen LogP contribution in [-0.4, -0.2) is 9.78 Å². The van der Waals surface area contributed by atoms with Gasteiger partial charge in [0.25, 0.3) is 5.56 Å². The quantitative estimate of drug-likeness (QED) is 0.641. The number of hydrogen-bond donors (Lipinski definition) is 0. The molecule has 2 aromatic heterocycles. The van der Waals surface area contributed by atoms with E-state index in [1.165, 1.54) is 15.1 Å². The fourth-order valence-electron chi connectivity index (χ4n) is 2.86. The third kappa shape index (κ3) is 2.34. The number of nitrogens with zero attached hydrogens (tertiary/aromatic N) is 2. The Morgan fingerprint density at radius 1 is 1.14 bits per heavy atom. The number of fused-ring (bicyclic) bond motifs is 3. The van der Waals surface area contributed by atoms with Crippen molar-refractivity contribution in [2.75, 3.05) is 0 Å². The van der Waals surface area contributed by atoms with Gasteiger partial charge in [-0.15, -0.1) is 11.3 Å². The Labute approximate surface area is 140 Å². The van der Waals surface area contributed by atoms with Crippen LogP contribution >= 0.6 is 27.3 Å². The highest BCUT2D eigenvalue weighted by molar-refractivity contribution is 9.10. The second-order valence-electron chi connectivity index (χ2n) is 5.36. The molecule has 0 unspecified atom stereocenters. The van der Waals surface area contributed by atoms with E-state index in [9.17, 15) is 4.79 Å². The molecule has 4 rings (SSSR count). The second-order valence-corrected chi connectivity index (χ2v) is 7.27. The van der Waals surface area contributed by atoms with Gasteiger partial charge in [-0.2, -0.15) is 9.78 Å². The average molecular weight is 373 g/mol. The number of benzene rings is 1. The van der Waals surface area contributed by atoms with E-state index in [1.807, 2.05) is 24.3 Å². The lowest BCUT2D eigenvalue weighted by atomic mass is 10.1. The van der Waals surface area contributed by atoms with Crippen LogP contribution in [0.1, 0.15) is 16.9 Å². The van der Waals surface area contributed by atoms with Crippen molar-refractivity contribution in [1.82, 2.24) is 9.78 Å². The molecule has 0 N–H and O–H groups in total. The smallest absolute Gasteiger partial charge is 0.267 e. The number of thiophene rings is 1. The van der Waals surface area contributed by atoms with Crippen LogP contribution in [0.25, 0.3) is 16.9 Å². The molecule has 110 valence electrons. The van der Waals surface area contributed by atoms with E-state index in [-0.39, 0.29) is 5.56 Å². The van der Waals surface area contributed by atoms with E-state index in [2.05, 4.69) is 32.5 Å². The molecule has 0 aliphatic heterocycles. The fourth-order valence-corrected chi connectivity index (χ4v) is 4.05. The summed E-state index contributed by atoms with van der Waals surface area (Å²) in [4.78, 5) is 13.8. The van der Waals surface area contributed by atoms with Gasteiger partial charge in [0, 0.05) is 21.0 Å². The minimum atomic E-state index is -0.0697. The average Bonchev–Trinajstić information content (AvgIpc) is 2.91. The first kappa shape index (κ1) is 13.9. The number of aryl methyl sites for hydroxylation is 2. The predicted molar refractivity (Wildman–Crippen MR) is 92.9 cm³/mol. The molecule has 0 saturated carbocycles. The van der Waals surface area contributed by atoms with Crippen LogP contribution in [0.2, 0.25) is 0 Å². The van der Waals surface area contributed by atoms with E-state index < -0.39 is 0 Å². The minimum Gasteiger partial charge on any atom is -0.267 e. The Morgan fingerprint density at radius 3 is 2.77 bits per heavy atom. The van der Waals surface area contributed by atoms with E-state index in [4.69, 9.17) is 0 Å². The van der Waals surface area contributed by atoms with Gasteiger partial charge in [-0.1, -0.05) is 15.9 Å². The van der Waals surface area contributed by atoms with Crippen molar-refractivity contribution in [1.29, 1.82) is 0 Å². The topological polar surface area (TPSA) is 34.9 Å². The maximum Gasteiger partial charge on any atom is 0.271 e. The van der Waals surface area contributed by atoms with Crippen LogP contribution < -0.4 is 5.56 Å². The van der Waals surface area contributed by atoms with Gasteiger partial charge in [-0.25, -0.2) is 0 Å². The summed E-state index contributed by atoms with van der Waals surface area (Å²) in [6.07, 6.45) is 3.06. The van der Waals surface area contributed by atoms with Crippen LogP contribution in [0.3, 0.4) is 0 Å². The van der Waals surface area contributed by atoms with Crippen molar-refractivity contribution in [3.8, 4) is 16.9 Å². The second kappa shape index (κ2) is 5.48. The van der Waals surface area contributed by atoms with Gasteiger partial charge in [-0.3, -0.25) is 4.79 Å². The predicted octanol–water partition coefficient (Wildman–Crippen LogP) is 4.21. The number of halogens is 1. The van der Waals surface area contributed by atoms with Gasteiger partial charge in [0.1, 0.15) is 0 Å². The highest BCUT2D eigenvalue weighted by Crippen LogP contribution is 2.33. The molecule has 0 fully saturated rings. The summed E-state index contributed by atoms with van der Waals surface area (Å²) >= 11 is 5.19. The van der Waals surface area contributed by atoms with Crippen LogP contribution in [0.4, 0.5) is 0 Å². The summed E-state index contributed by atoms with van der Waals surface area (Å²) in [7, 11) is 0. The molecule has 1 aliphatic carbocycles. The Kier molecular flexibility index (Phi) is 3.47. The van der Waals surface area contributed by atoms with Gasteiger partial charge in [0.05, 0.1) is 11.4 Å². The lowest BCUT2D eigenvalue weighted by Gasteiger charge is -2.10. The zero-order valence-corrected chi connectivity index (χ0v) is 14.2. The molecule has 22 heavy (non-hydrogen) atoms. The third-order valence-electron chi connectivity index (χ3n) is 3.93. The van der Waals surface area contributed by atoms with Crippen molar-refractivity contribution < 1.29 is 0 Å². The monoisotopic (exact) mass is 372 g/mol. The van der Waals surface area contributed by atoms with Gasteiger partial charge >= 0.3 is 0 Å². The third-order valence-corrected chi connectivity index (χ3v) is 5.44. The van der Waals surface area contributed by atoms with E-state index in [0.717, 1.165) is 40.7 Å². The minimum absolute atomic E-state index is 0.0697. The molecular formula is C17H13BrN2OS. The first-order valence-corrected chi connectivity index (χ1v) is 8.85. The summed E-state index contributed by atoms with van der Waals surface area (Å²) in [5.41, 5.74) is 3.92. The van der Waals surface area contributed by atoms with Crippen molar-refractivity contribution in [3.63, 3.8) is 0 Å². The van der Waals surface area contributed by atoms with Crippen molar-refractivity contribution >= 4 is 27.3 Å². The molecule has 0 amide bonds. The first-order valence-electron chi connectivity index (χ1n) is 7.18. The molecule has 0 spiro atoms. The Hall–Kier alpha value is -1.72. The van der Waals surface area contributed by atoms with E-state index in [0.29, 0.717) is 0 Å². The molecule has 1 aromatic carbocycles. The molecule has 3 aromatic rings. The number of hydrogen-bond acceptors (Lipinski definition) is 3. The summed E-state index contributed by atoms with van der Waals surface area (Å²) in [5, 5.41) is 6.79. The maximum absolute atomic E-state index is 12.4. The van der Waals surface area contributed by atoms with Gasteiger partial charge in [-0.05, 0) is 60.5 Å². The Bertz CT molecular complexity index is 896. The zero-order valence-electron chi connectivity index (χ0n) is 11.8. The Morgan fingerprint density at radius 2 is 1.95 bits per heavy atom. The lowest BCUT2D eigenvalue weighted by molar-refractivity contribution is 0.786. The summed E-state index contributed by atoms with van der Waals surface area (Å²) in [5.74, 6) is 0. The summed E-state index contributed by atoms with van der Waals surface area (Å²) in [6.45, 7) is 0. The SMILES string of the molecule is O=c1cc2c(nn1-c1ccc(Br)cc1)-c1ccsc1CCC2. The lowest BCUT2D eigenvalue weighted by Crippen LogP contribution is -2.22. The van der Waals surface area contributed by atoms with Crippen molar-refractivity contribution in [2.24, 2.45) is 0 Å². The van der Waals surface area contributed by atoms with Gasteiger partial charge in [0.2, 0.25) is 0 Å². The molecule has 0 saturated heterocycles. The van der Waals surface area contributed by atoms with Gasteiger partial charge < -0.3 is 0 Å². The maximum atomic E-state index is 12.4. The highest BCUT2D eigenvalue weighted by Gasteiger charge is 2.19. The summed E-state index contributed by atoms with van der Waals surface area (Å²) in [6, 6.07) is 11.5.